The van der Waals surface area contributed by atoms with E-state index in [4.69, 9.17) is 9.47 Å². The zero-order chi connectivity index (χ0) is 14.8. The van der Waals surface area contributed by atoms with Crippen LogP contribution in [0.15, 0.2) is 30.3 Å². The molecule has 0 aliphatic carbocycles. The summed E-state index contributed by atoms with van der Waals surface area (Å²) in [5, 5.41) is 2.67. The first-order valence-corrected chi connectivity index (χ1v) is 6.77. The van der Waals surface area contributed by atoms with E-state index < -0.39 is 12.0 Å². The summed E-state index contributed by atoms with van der Waals surface area (Å²) in [5.74, 6) is -0.668. The lowest BCUT2D eigenvalue weighted by Crippen LogP contribution is -2.34. The Balaban J connectivity index is 2.67. The molecule has 0 heterocycles. The highest BCUT2D eigenvalue weighted by Gasteiger charge is 2.23. The third-order valence-electron chi connectivity index (χ3n) is 2.67. The maximum absolute atomic E-state index is 12.1. The second-order valence-corrected chi connectivity index (χ2v) is 4.13. The first kappa shape index (κ1) is 16.2. The smallest absolute Gasteiger partial charge is 0.333 e. The van der Waals surface area contributed by atoms with Crippen LogP contribution in [0.4, 0.5) is 0 Å². The van der Waals surface area contributed by atoms with Gasteiger partial charge in [-0.1, -0.05) is 37.3 Å². The molecule has 1 amide bonds. The summed E-state index contributed by atoms with van der Waals surface area (Å²) < 4.78 is 10.2. The number of ether oxygens (including phenoxy) is 2. The molecule has 0 saturated heterocycles. The third kappa shape index (κ3) is 5.40. The summed E-state index contributed by atoms with van der Waals surface area (Å²) in [6.07, 6.45) is 0.315. The molecule has 20 heavy (non-hydrogen) atoms. The minimum absolute atomic E-state index is 0.179. The Morgan fingerprint density at radius 3 is 2.45 bits per heavy atom. The van der Waals surface area contributed by atoms with Crippen LogP contribution in [0.1, 0.15) is 31.9 Å². The van der Waals surface area contributed by atoms with Crippen molar-refractivity contribution in [1.82, 2.24) is 5.32 Å². The van der Waals surface area contributed by atoms with Crippen LogP contribution >= 0.6 is 0 Å². The highest BCUT2D eigenvalue weighted by atomic mass is 16.6. The molecule has 1 aromatic carbocycles. The first-order chi connectivity index (χ1) is 9.69. The molecule has 0 bridgehead atoms. The van der Waals surface area contributed by atoms with E-state index in [1.807, 2.05) is 25.1 Å². The highest BCUT2D eigenvalue weighted by molar-refractivity contribution is 5.85. The van der Waals surface area contributed by atoms with Crippen LogP contribution in [0.2, 0.25) is 0 Å². The number of rotatable bonds is 8. The molecular weight excluding hydrogens is 258 g/mol. The number of esters is 1. The van der Waals surface area contributed by atoms with E-state index in [1.54, 1.807) is 19.1 Å². The third-order valence-corrected chi connectivity index (χ3v) is 2.67. The molecule has 5 nitrogen and oxygen atoms in total. The molecule has 0 aliphatic rings. The van der Waals surface area contributed by atoms with Crippen LogP contribution in [0.5, 0.6) is 0 Å². The van der Waals surface area contributed by atoms with Gasteiger partial charge in [-0.05, 0) is 12.5 Å². The number of benzene rings is 1. The molecule has 1 rings (SSSR count). The van der Waals surface area contributed by atoms with Gasteiger partial charge in [0.25, 0.3) is 0 Å². The van der Waals surface area contributed by atoms with Crippen LogP contribution in [-0.4, -0.2) is 31.7 Å². The molecule has 0 spiro atoms. The first-order valence-electron chi connectivity index (χ1n) is 6.77. The number of carbonyl (C=O) groups excluding carboxylic acids is 2. The molecule has 110 valence electrons. The Bertz CT molecular complexity index is 419. The van der Waals surface area contributed by atoms with Crippen LogP contribution in [-0.2, 0) is 19.1 Å². The number of hydrogen-bond acceptors (Lipinski definition) is 4. The van der Waals surface area contributed by atoms with Gasteiger partial charge in [0.15, 0.2) is 6.04 Å². The molecule has 1 aromatic rings. The maximum atomic E-state index is 12.1. The standard InChI is InChI=1S/C15H21NO4/c1-3-13(17)16-14(12-8-6-5-7-9-12)15(18)20-11-10-19-4-2/h5-9,14H,3-4,10-11H2,1-2H3,(H,16,17)/t14-/m1/s1. The Labute approximate surface area is 119 Å². The van der Waals surface area contributed by atoms with E-state index in [0.29, 0.717) is 25.2 Å². The van der Waals surface area contributed by atoms with Crippen molar-refractivity contribution in [3.63, 3.8) is 0 Å². The summed E-state index contributed by atoms with van der Waals surface area (Å²) in [5.41, 5.74) is 0.704. The SMILES string of the molecule is CCOCCOC(=O)[C@H](NC(=O)CC)c1ccccc1. The van der Waals surface area contributed by atoms with E-state index in [2.05, 4.69) is 5.32 Å². The van der Waals surface area contributed by atoms with Gasteiger partial charge in [0.1, 0.15) is 6.61 Å². The lowest BCUT2D eigenvalue weighted by atomic mass is 10.1. The second-order valence-electron chi connectivity index (χ2n) is 4.13. The Morgan fingerprint density at radius 1 is 1.15 bits per heavy atom. The fourth-order valence-corrected chi connectivity index (χ4v) is 1.62. The van der Waals surface area contributed by atoms with E-state index in [1.165, 1.54) is 0 Å². The number of amides is 1. The van der Waals surface area contributed by atoms with Crippen LogP contribution in [0.3, 0.4) is 0 Å². The van der Waals surface area contributed by atoms with Gasteiger partial charge in [0.2, 0.25) is 5.91 Å². The molecule has 5 heteroatoms. The van der Waals surface area contributed by atoms with E-state index in [9.17, 15) is 9.59 Å². The van der Waals surface area contributed by atoms with Crippen molar-refractivity contribution in [3.05, 3.63) is 35.9 Å². The number of nitrogens with one attached hydrogen (secondary N) is 1. The molecule has 0 fully saturated rings. The van der Waals surface area contributed by atoms with Gasteiger partial charge in [-0.2, -0.15) is 0 Å². The molecule has 0 unspecified atom stereocenters. The minimum atomic E-state index is -0.773. The van der Waals surface area contributed by atoms with Gasteiger partial charge in [-0.25, -0.2) is 4.79 Å². The van der Waals surface area contributed by atoms with Crippen molar-refractivity contribution in [2.24, 2.45) is 0 Å². The average molecular weight is 279 g/mol. The summed E-state index contributed by atoms with van der Waals surface area (Å²) in [6.45, 7) is 4.71. The van der Waals surface area contributed by atoms with E-state index in [0.717, 1.165) is 0 Å². The molecule has 0 aliphatic heterocycles. The Kier molecular flexibility index (Phi) is 7.35. The molecule has 1 atom stereocenters. The largest absolute Gasteiger partial charge is 0.461 e. The summed E-state index contributed by atoms with van der Waals surface area (Å²) in [4.78, 5) is 23.6. The summed E-state index contributed by atoms with van der Waals surface area (Å²) in [7, 11) is 0. The predicted molar refractivity (Wildman–Crippen MR) is 75.1 cm³/mol. The number of carbonyl (C=O) groups is 2. The molecule has 1 N–H and O–H groups in total. The summed E-state index contributed by atoms with van der Waals surface area (Å²) >= 11 is 0. The summed E-state index contributed by atoms with van der Waals surface area (Å²) in [6, 6.07) is 8.27. The van der Waals surface area contributed by atoms with E-state index in [-0.39, 0.29) is 12.5 Å². The van der Waals surface area contributed by atoms with Gasteiger partial charge in [-0.15, -0.1) is 0 Å². The number of hydrogen-bond donors (Lipinski definition) is 1. The zero-order valence-corrected chi connectivity index (χ0v) is 11.9. The molecule has 0 saturated carbocycles. The predicted octanol–water partition coefficient (Wildman–Crippen LogP) is 1.83. The van der Waals surface area contributed by atoms with Gasteiger partial charge < -0.3 is 14.8 Å². The molecular formula is C15H21NO4. The van der Waals surface area contributed by atoms with Crippen molar-refractivity contribution in [2.45, 2.75) is 26.3 Å². The quantitative estimate of drug-likeness (QED) is 0.582. The normalized spacial score (nSPS) is 11.7. The lowest BCUT2D eigenvalue weighted by molar-refractivity contribution is -0.149. The van der Waals surface area contributed by atoms with Crippen molar-refractivity contribution >= 4 is 11.9 Å². The van der Waals surface area contributed by atoms with Crippen LogP contribution in [0, 0.1) is 0 Å². The van der Waals surface area contributed by atoms with E-state index >= 15 is 0 Å². The monoisotopic (exact) mass is 279 g/mol. The zero-order valence-electron chi connectivity index (χ0n) is 11.9. The Hall–Kier alpha value is -1.88. The van der Waals surface area contributed by atoms with Gasteiger partial charge >= 0.3 is 5.97 Å². The van der Waals surface area contributed by atoms with Crippen molar-refractivity contribution in [1.29, 1.82) is 0 Å². The van der Waals surface area contributed by atoms with Crippen molar-refractivity contribution in [3.8, 4) is 0 Å². The van der Waals surface area contributed by atoms with Gasteiger partial charge in [0, 0.05) is 13.0 Å². The van der Waals surface area contributed by atoms with Crippen LogP contribution < -0.4 is 5.32 Å². The molecule has 0 radical (unpaired) electrons. The lowest BCUT2D eigenvalue weighted by Gasteiger charge is -2.17. The van der Waals surface area contributed by atoms with Gasteiger partial charge in [-0.3, -0.25) is 4.79 Å². The molecule has 0 aromatic heterocycles. The maximum Gasteiger partial charge on any atom is 0.333 e. The average Bonchev–Trinajstić information content (AvgIpc) is 2.49. The fraction of sp³-hybridized carbons (Fsp3) is 0.467. The van der Waals surface area contributed by atoms with Crippen molar-refractivity contribution < 1.29 is 19.1 Å². The Morgan fingerprint density at radius 2 is 1.85 bits per heavy atom. The topological polar surface area (TPSA) is 64.6 Å². The fourth-order valence-electron chi connectivity index (χ4n) is 1.62. The van der Waals surface area contributed by atoms with Crippen molar-refractivity contribution in [2.75, 3.05) is 19.8 Å². The second kappa shape index (κ2) is 9.09. The van der Waals surface area contributed by atoms with Gasteiger partial charge in [0.05, 0.1) is 6.61 Å². The highest BCUT2D eigenvalue weighted by Crippen LogP contribution is 2.14. The van der Waals surface area contributed by atoms with Crippen LogP contribution in [0.25, 0.3) is 0 Å². The minimum Gasteiger partial charge on any atom is -0.461 e.